The predicted molar refractivity (Wildman–Crippen MR) is 69.5 cm³/mol. The number of halogens is 5. The van der Waals surface area contributed by atoms with Crippen molar-refractivity contribution in [3.05, 3.63) is 59.4 Å². The van der Waals surface area contributed by atoms with E-state index in [2.05, 4.69) is 15.9 Å². The lowest BCUT2D eigenvalue weighted by Gasteiger charge is -2.10. The molecule has 0 aromatic heterocycles. The maximum Gasteiger partial charge on any atom is 0.416 e. The largest absolute Gasteiger partial charge is 0.416 e. The fourth-order valence-electron chi connectivity index (χ4n) is 1.77. The summed E-state index contributed by atoms with van der Waals surface area (Å²) in [4.78, 5) is 0. The Morgan fingerprint density at radius 3 is 2.32 bits per heavy atom. The van der Waals surface area contributed by atoms with Crippen molar-refractivity contribution in [1.82, 2.24) is 0 Å². The topological polar surface area (TPSA) is 0 Å². The molecule has 2 rings (SSSR count). The van der Waals surface area contributed by atoms with Gasteiger partial charge < -0.3 is 0 Å². The minimum atomic E-state index is -4.43. The highest BCUT2D eigenvalue weighted by atomic mass is 79.9. The zero-order valence-electron chi connectivity index (χ0n) is 9.64. The summed E-state index contributed by atoms with van der Waals surface area (Å²) in [5, 5.41) is 0.311. The molecule has 19 heavy (non-hydrogen) atoms. The van der Waals surface area contributed by atoms with E-state index in [1.807, 2.05) is 0 Å². The molecule has 0 amide bonds. The molecule has 0 atom stereocenters. The van der Waals surface area contributed by atoms with E-state index >= 15 is 0 Å². The Kier molecular flexibility index (Phi) is 3.94. The van der Waals surface area contributed by atoms with Gasteiger partial charge in [-0.05, 0) is 23.3 Å². The van der Waals surface area contributed by atoms with Crippen molar-refractivity contribution in [2.45, 2.75) is 11.5 Å². The molecule has 0 aliphatic rings. The Morgan fingerprint density at radius 2 is 1.68 bits per heavy atom. The van der Waals surface area contributed by atoms with E-state index in [4.69, 9.17) is 0 Å². The van der Waals surface area contributed by atoms with E-state index in [-0.39, 0.29) is 11.1 Å². The lowest BCUT2D eigenvalue weighted by atomic mass is 10.0. The van der Waals surface area contributed by atoms with Gasteiger partial charge in [0.2, 0.25) is 0 Å². The summed E-state index contributed by atoms with van der Waals surface area (Å²) in [6.07, 6.45) is -4.43. The van der Waals surface area contributed by atoms with Crippen LogP contribution in [-0.4, -0.2) is 0 Å². The summed E-state index contributed by atoms with van der Waals surface area (Å²) >= 11 is 3.14. The maximum absolute atomic E-state index is 14.1. The fraction of sp³-hybridized carbons (Fsp3) is 0.143. The second kappa shape index (κ2) is 5.33. The molecular weight excluding hydrogens is 324 g/mol. The molecule has 0 aliphatic carbocycles. The number of hydrogen-bond acceptors (Lipinski definition) is 0. The normalized spacial score (nSPS) is 11.6. The SMILES string of the molecule is Fc1c(CBr)cccc1-c1cccc(C(F)(F)F)c1. The number of rotatable bonds is 2. The van der Waals surface area contributed by atoms with Gasteiger partial charge in [-0.1, -0.05) is 46.3 Å². The van der Waals surface area contributed by atoms with Crippen LogP contribution in [0.2, 0.25) is 0 Å². The molecule has 0 spiro atoms. The molecular formula is C14H9BrF4. The lowest BCUT2D eigenvalue weighted by molar-refractivity contribution is -0.137. The molecule has 0 N–H and O–H groups in total. The maximum atomic E-state index is 14.1. The van der Waals surface area contributed by atoms with Crippen molar-refractivity contribution >= 4 is 15.9 Å². The molecule has 0 bridgehead atoms. The predicted octanol–water partition coefficient (Wildman–Crippen LogP) is 5.41. The van der Waals surface area contributed by atoms with E-state index in [1.165, 1.54) is 18.2 Å². The first-order chi connectivity index (χ1) is 8.93. The molecule has 0 heterocycles. The molecule has 0 saturated carbocycles. The van der Waals surface area contributed by atoms with Crippen molar-refractivity contribution in [1.29, 1.82) is 0 Å². The van der Waals surface area contributed by atoms with Gasteiger partial charge in [0.25, 0.3) is 0 Å². The first-order valence-electron chi connectivity index (χ1n) is 5.44. The number of alkyl halides is 4. The smallest absolute Gasteiger partial charge is 0.206 e. The minimum Gasteiger partial charge on any atom is -0.206 e. The monoisotopic (exact) mass is 332 g/mol. The van der Waals surface area contributed by atoms with Crippen molar-refractivity contribution in [2.75, 3.05) is 0 Å². The average molecular weight is 333 g/mol. The summed E-state index contributed by atoms with van der Waals surface area (Å²) in [6, 6.07) is 9.34. The summed E-state index contributed by atoms with van der Waals surface area (Å²) in [5.41, 5.74) is 0.0155. The van der Waals surface area contributed by atoms with E-state index in [9.17, 15) is 17.6 Å². The van der Waals surface area contributed by atoms with Gasteiger partial charge in [-0.3, -0.25) is 0 Å². The van der Waals surface area contributed by atoms with E-state index < -0.39 is 17.6 Å². The minimum absolute atomic E-state index is 0.169. The van der Waals surface area contributed by atoms with E-state index in [1.54, 1.807) is 12.1 Å². The third-order valence-electron chi connectivity index (χ3n) is 2.72. The van der Waals surface area contributed by atoms with Gasteiger partial charge in [0.05, 0.1) is 5.56 Å². The average Bonchev–Trinajstić information content (AvgIpc) is 2.38. The van der Waals surface area contributed by atoms with Gasteiger partial charge in [0, 0.05) is 10.9 Å². The van der Waals surface area contributed by atoms with Crippen molar-refractivity contribution in [3.63, 3.8) is 0 Å². The van der Waals surface area contributed by atoms with Gasteiger partial charge in [-0.2, -0.15) is 13.2 Å². The zero-order chi connectivity index (χ0) is 14.0. The van der Waals surface area contributed by atoms with Crippen molar-refractivity contribution < 1.29 is 17.6 Å². The summed E-state index contributed by atoms with van der Waals surface area (Å²) in [6.45, 7) is 0. The van der Waals surface area contributed by atoms with Gasteiger partial charge in [0.1, 0.15) is 5.82 Å². The van der Waals surface area contributed by atoms with Gasteiger partial charge in [-0.15, -0.1) is 0 Å². The van der Waals surface area contributed by atoms with Crippen LogP contribution in [-0.2, 0) is 11.5 Å². The van der Waals surface area contributed by atoms with E-state index in [0.717, 1.165) is 12.1 Å². The quantitative estimate of drug-likeness (QED) is 0.509. The number of hydrogen-bond donors (Lipinski definition) is 0. The Bertz CT molecular complexity index is 590. The molecule has 0 radical (unpaired) electrons. The van der Waals surface area contributed by atoms with Gasteiger partial charge >= 0.3 is 6.18 Å². The van der Waals surface area contributed by atoms with Crippen LogP contribution in [0.15, 0.2) is 42.5 Å². The summed E-state index contributed by atoms with van der Waals surface area (Å²) in [7, 11) is 0. The molecule has 0 unspecified atom stereocenters. The van der Waals surface area contributed by atoms with Crippen LogP contribution in [0.5, 0.6) is 0 Å². The van der Waals surface area contributed by atoms with Crippen LogP contribution >= 0.6 is 15.9 Å². The number of benzene rings is 2. The molecule has 2 aromatic carbocycles. The molecule has 2 aromatic rings. The van der Waals surface area contributed by atoms with Crippen molar-refractivity contribution in [3.8, 4) is 11.1 Å². The molecule has 0 aliphatic heterocycles. The Morgan fingerprint density at radius 1 is 1.00 bits per heavy atom. The third kappa shape index (κ3) is 2.97. The fourth-order valence-corrected chi connectivity index (χ4v) is 2.20. The first kappa shape index (κ1) is 14.1. The molecule has 100 valence electrons. The second-order valence-corrected chi connectivity index (χ2v) is 4.55. The van der Waals surface area contributed by atoms with Crippen LogP contribution in [0, 0.1) is 5.82 Å². The van der Waals surface area contributed by atoms with Crippen LogP contribution in [0.4, 0.5) is 17.6 Å². The first-order valence-corrected chi connectivity index (χ1v) is 6.56. The van der Waals surface area contributed by atoms with Crippen LogP contribution < -0.4 is 0 Å². The summed E-state index contributed by atoms with van der Waals surface area (Å²) < 4.78 is 52.0. The third-order valence-corrected chi connectivity index (χ3v) is 3.33. The molecule has 5 heteroatoms. The highest BCUT2D eigenvalue weighted by Crippen LogP contribution is 2.33. The van der Waals surface area contributed by atoms with E-state index in [0.29, 0.717) is 10.9 Å². The molecule has 0 fully saturated rings. The highest BCUT2D eigenvalue weighted by molar-refractivity contribution is 9.08. The second-order valence-electron chi connectivity index (χ2n) is 3.99. The van der Waals surface area contributed by atoms with Gasteiger partial charge in [-0.25, -0.2) is 4.39 Å². The molecule has 0 saturated heterocycles. The Labute approximate surface area is 116 Å². The van der Waals surface area contributed by atoms with Crippen LogP contribution in [0.3, 0.4) is 0 Å². The highest BCUT2D eigenvalue weighted by Gasteiger charge is 2.30. The van der Waals surface area contributed by atoms with Crippen LogP contribution in [0.25, 0.3) is 11.1 Å². The van der Waals surface area contributed by atoms with Crippen LogP contribution in [0.1, 0.15) is 11.1 Å². The summed E-state index contributed by atoms with van der Waals surface area (Å²) in [5.74, 6) is -0.501. The Hall–Kier alpha value is -1.36. The zero-order valence-corrected chi connectivity index (χ0v) is 11.2. The lowest BCUT2D eigenvalue weighted by Crippen LogP contribution is -2.04. The standard InChI is InChI=1S/C14H9BrF4/c15-8-10-4-2-6-12(13(10)16)9-3-1-5-11(7-9)14(17,18)19/h1-7H,8H2. The molecule has 0 nitrogen and oxygen atoms in total. The van der Waals surface area contributed by atoms with Crippen molar-refractivity contribution in [2.24, 2.45) is 0 Å². The Balaban J connectivity index is 2.54. The van der Waals surface area contributed by atoms with Gasteiger partial charge in [0.15, 0.2) is 0 Å².